The number of primary sulfonamides is 1. The lowest BCUT2D eigenvalue weighted by Crippen LogP contribution is -2.44. The lowest BCUT2D eigenvalue weighted by molar-refractivity contribution is -0.137. The first-order valence-electron chi connectivity index (χ1n) is 8.27. The van der Waals surface area contributed by atoms with Crippen molar-refractivity contribution in [3.8, 4) is 5.75 Å². The number of piperidine rings is 1. The molecular weight excluding hydrogens is 360 g/mol. The average molecular weight is 384 g/mol. The highest BCUT2D eigenvalue weighted by molar-refractivity contribution is 7.89. The molecule has 2 atom stereocenters. The number of sulfonamides is 1. The summed E-state index contributed by atoms with van der Waals surface area (Å²) in [6, 6.07) is 3.74. The minimum absolute atomic E-state index is 0.0245. The number of carbonyl (C=O) groups excluding carboxylic acids is 2. The monoisotopic (exact) mass is 384 g/mol. The zero-order chi connectivity index (χ0) is 19.5. The molecule has 0 spiro atoms. The summed E-state index contributed by atoms with van der Waals surface area (Å²) in [6.45, 7) is 5.04. The van der Waals surface area contributed by atoms with Gasteiger partial charge in [0.25, 0.3) is 5.91 Å². The molecule has 0 bridgehead atoms. The summed E-state index contributed by atoms with van der Waals surface area (Å²) in [5, 5.41) is 5.13. The van der Waals surface area contributed by atoms with Crippen molar-refractivity contribution in [2.24, 2.45) is 17.0 Å². The largest absolute Gasteiger partial charge is 0.495 e. The maximum Gasteiger partial charge on any atom is 0.338 e. The predicted molar refractivity (Wildman–Crippen MR) is 94.2 cm³/mol. The summed E-state index contributed by atoms with van der Waals surface area (Å²) >= 11 is 0. The number of nitrogens with zero attached hydrogens (tertiary/aromatic N) is 1. The van der Waals surface area contributed by atoms with Gasteiger partial charge in [0.05, 0.1) is 12.7 Å². The lowest BCUT2D eigenvalue weighted by atomic mass is 9.92. The smallest absolute Gasteiger partial charge is 0.338 e. The fourth-order valence-electron chi connectivity index (χ4n) is 3.19. The Labute approximate surface area is 153 Å². The fraction of sp³-hybridized carbons (Fsp3) is 0.529. The molecule has 2 N–H and O–H groups in total. The van der Waals surface area contributed by atoms with Gasteiger partial charge in [-0.25, -0.2) is 18.4 Å². The molecule has 1 aliphatic heterocycles. The highest BCUT2D eigenvalue weighted by Crippen LogP contribution is 2.24. The van der Waals surface area contributed by atoms with Crippen LogP contribution in [0.25, 0.3) is 0 Å². The van der Waals surface area contributed by atoms with Crippen molar-refractivity contribution >= 4 is 21.9 Å². The molecule has 1 aromatic carbocycles. The van der Waals surface area contributed by atoms with Crippen LogP contribution in [-0.4, -0.2) is 52.0 Å². The van der Waals surface area contributed by atoms with Gasteiger partial charge in [0.15, 0.2) is 6.61 Å². The van der Waals surface area contributed by atoms with E-state index in [2.05, 4.69) is 13.8 Å². The maximum atomic E-state index is 12.3. The molecule has 1 heterocycles. The van der Waals surface area contributed by atoms with E-state index >= 15 is 0 Å². The summed E-state index contributed by atoms with van der Waals surface area (Å²) in [4.78, 5) is 25.8. The fourth-order valence-corrected chi connectivity index (χ4v) is 3.92. The van der Waals surface area contributed by atoms with Gasteiger partial charge < -0.3 is 14.4 Å². The number of benzene rings is 1. The van der Waals surface area contributed by atoms with Crippen LogP contribution in [0.15, 0.2) is 23.1 Å². The van der Waals surface area contributed by atoms with E-state index in [9.17, 15) is 18.0 Å². The third-order valence-electron chi connectivity index (χ3n) is 4.25. The molecule has 1 amide bonds. The number of ether oxygens (including phenoxy) is 2. The average Bonchev–Trinajstić information content (AvgIpc) is 2.57. The molecule has 2 unspecified atom stereocenters. The number of rotatable bonds is 5. The van der Waals surface area contributed by atoms with E-state index in [1.807, 2.05) is 0 Å². The van der Waals surface area contributed by atoms with Crippen molar-refractivity contribution in [3.63, 3.8) is 0 Å². The van der Waals surface area contributed by atoms with Gasteiger partial charge in [-0.2, -0.15) is 0 Å². The number of nitrogens with two attached hydrogens (primary N) is 1. The molecule has 9 heteroatoms. The summed E-state index contributed by atoms with van der Waals surface area (Å²) in [6.07, 6.45) is 1.06. The number of hydrogen-bond donors (Lipinski definition) is 1. The van der Waals surface area contributed by atoms with Crippen molar-refractivity contribution in [1.82, 2.24) is 4.90 Å². The number of likely N-dealkylation sites (tertiary alicyclic amines) is 1. The zero-order valence-corrected chi connectivity index (χ0v) is 15.9. The summed E-state index contributed by atoms with van der Waals surface area (Å²) in [5.74, 6) is -0.244. The van der Waals surface area contributed by atoms with Crippen molar-refractivity contribution in [3.05, 3.63) is 23.8 Å². The quantitative estimate of drug-likeness (QED) is 0.757. The van der Waals surface area contributed by atoms with Crippen LogP contribution in [0.5, 0.6) is 5.75 Å². The van der Waals surface area contributed by atoms with Crippen LogP contribution >= 0.6 is 0 Å². The number of esters is 1. The van der Waals surface area contributed by atoms with Crippen molar-refractivity contribution in [2.45, 2.75) is 25.2 Å². The van der Waals surface area contributed by atoms with Crippen molar-refractivity contribution < 1.29 is 27.5 Å². The number of amides is 1. The Balaban J connectivity index is 2.05. The van der Waals surface area contributed by atoms with Crippen LogP contribution in [0.3, 0.4) is 0 Å². The second-order valence-corrected chi connectivity index (χ2v) is 8.26. The van der Waals surface area contributed by atoms with Crippen LogP contribution in [-0.2, 0) is 19.6 Å². The Kier molecular flexibility index (Phi) is 6.25. The first-order valence-corrected chi connectivity index (χ1v) is 9.82. The van der Waals surface area contributed by atoms with Gasteiger partial charge in [-0.15, -0.1) is 0 Å². The lowest BCUT2D eigenvalue weighted by Gasteiger charge is -2.34. The maximum absolute atomic E-state index is 12.3. The molecule has 8 nitrogen and oxygen atoms in total. The van der Waals surface area contributed by atoms with E-state index in [0.717, 1.165) is 12.5 Å². The van der Waals surface area contributed by atoms with E-state index in [1.54, 1.807) is 4.90 Å². The minimum Gasteiger partial charge on any atom is -0.495 e. The highest BCUT2D eigenvalue weighted by Gasteiger charge is 2.26. The van der Waals surface area contributed by atoms with Gasteiger partial charge >= 0.3 is 5.97 Å². The molecule has 0 aliphatic carbocycles. The predicted octanol–water partition coefficient (Wildman–Crippen LogP) is 1.00. The highest BCUT2D eigenvalue weighted by atomic mass is 32.2. The third kappa shape index (κ3) is 4.95. The van der Waals surface area contributed by atoms with Gasteiger partial charge in [0.2, 0.25) is 10.0 Å². The molecule has 2 rings (SSSR count). The zero-order valence-electron chi connectivity index (χ0n) is 15.1. The molecule has 0 saturated carbocycles. The second kappa shape index (κ2) is 8.05. The van der Waals surface area contributed by atoms with E-state index in [0.29, 0.717) is 24.9 Å². The van der Waals surface area contributed by atoms with E-state index in [4.69, 9.17) is 14.6 Å². The molecular formula is C17H24N2O6S. The number of carbonyl (C=O) groups is 2. The van der Waals surface area contributed by atoms with E-state index in [1.165, 1.54) is 19.2 Å². The Morgan fingerprint density at radius 1 is 1.23 bits per heavy atom. The second-order valence-electron chi connectivity index (χ2n) is 6.73. The van der Waals surface area contributed by atoms with Crippen LogP contribution in [0.2, 0.25) is 0 Å². The van der Waals surface area contributed by atoms with E-state index < -0.39 is 22.6 Å². The normalized spacial score (nSPS) is 20.5. The van der Waals surface area contributed by atoms with Gasteiger partial charge in [0, 0.05) is 13.1 Å². The Morgan fingerprint density at radius 3 is 2.38 bits per heavy atom. The Hall–Kier alpha value is -2.13. The first kappa shape index (κ1) is 20.2. The number of methoxy groups -OCH3 is 1. The standard InChI is InChI=1S/C17H24N2O6S/c1-11-6-12(2)9-19(8-11)16(20)10-25-17(21)13-4-5-14(24-3)15(7-13)26(18,22)23/h4-5,7,11-12H,6,8-10H2,1-3H3,(H2,18,22,23). The van der Waals surface area contributed by atoms with E-state index in [-0.39, 0.29) is 22.1 Å². The molecule has 144 valence electrons. The summed E-state index contributed by atoms with van der Waals surface area (Å²) in [7, 11) is -2.78. The third-order valence-corrected chi connectivity index (χ3v) is 5.19. The van der Waals surface area contributed by atoms with Crippen molar-refractivity contribution in [1.29, 1.82) is 0 Å². The molecule has 1 aliphatic rings. The molecule has 0 radical (unpaired) electrons. The Morgan fingerprint density at radius 2 is 1.85 bits per heavy atom. The van der Waals surface area contributed by atoms with Gasteiger partial charge in [-0.3, -0.25) is 4.79 Å². The molecule has 1 saturated heterocycles. The van der Waals surface area contributed by atoms with Crippen LogP contribution in [0.1, 0.15) is 30.6 Å². The van der Waals surface area contributed by atoms with Gasteiger partial charge in [0.1, 0.15) is 10.6 Å². The topological polar surface area (TPSA) is 116 Å². The van der Waals surface area contributed by atoms with Crippen LogP contribution in [0.4, 0.5) is 0 Å². The van der Waals surface area contributed by atoms with Crippen LogP contribution in [0, 0.1) is 11.8 Å². The van der Waals surface area contributed by atoms with Crippen LogP contribution < -0.4 is 9.88 Å². The molecule has 26 heavy (non-hydrogen) atoms. The number of hydrogen-bond acceptors (Lipinski definition) is 6. The molecule has 1 fully saturated rings. The minimum atomic E-state index is -4.07. The van der Waals surface area contributed by atoms with Gasteiger partial charge in [-0.1, -0.05) is 13.8 Å². The molecule has 0 aromatic heterocycles. The SMILES string of the molecule is COc1ccc(C(=O)OCC(=O)N2CC(C)CC(C)C2)cc1S(N)(=O)=O. The molecule has 1 aromatic rings. The summed E-state index contributed by atoms with van der Waals surface area (Å²) in [5.41, 5.74) is -0.0250. The Bertz CT molecular complexity index is 782. The first-order chi connectivity index (χ1) is 12.1. The van der Waals surface area contributed by atoms with Gasteiger partial charge in [-0.05, 0) is 36.5 Å². The van der Waals surface area contributed by atoms with Crippen molar-refractivity contribution in [2.75, 3.05) is 26.8 Å². The summed E-state index contributed by atoms with van der Waals surface area (Å²) < 4.78 is 33.2.